The molecule has 0 spiro atoms. The Bertz CT molecular complexity index is 876. The predicted octanol–water partition coefficient (Wildman–Crippen LogP) is 3.49. The second-order valence-corrected chi connectivity index (χ2v) is 4.80. The molecule has 2 aromatic heterocycles. The molecule has 0 aliphatic carbocycles. The first-order valence-corrected chi connectivity index (χ1v) is 6.69. The zero-order chi connectivity index (χ0) is 14.1. The van der Waals surface area contributed by atoms with Gasteiger partial charge in [0, 0.05) is 29.2 Å². The van der Waals surface area contributed by atoms with Gasteiger partial charge in [-0.15, -0.1) is 0 Å². The number of anilines is 2. The number of nitrogens with one attached hydrogen (secondary N) is 2. The average Bonchev–Trinajstić information content (AvgIpc) is 3.18. The van der Waals surface area contributed by atoms with E-state index in [2.05, 4.69) is 26.7 Å². The van der Waals surface area contributed by atoms with E-state index in [0.29, 0.717) is 0 Å². The van der Waals surface area contributed by atoms with E-state index in [1.54, 1.807) is 6.20 Å². The second-order valence-electron chi connectivity index (χ2n) is 4.80. The Morgan fingerprint density at radius 3 is 2.86 bits per heavy atom. The Morgan fingerprint density at radius 1 is 1.00 bits per heavy atom. The van der Waals surface area contributed by atoms with E-state index < -0.39 is 0 Å². The molecule has 4 rings (SSSR count). The summed E-state index contributed by atoms with van der Waals surface area (Å²) in [6.07, 6.45) is 5.51. The summed E-state index contributed by atoms with van der Waals surface area (Å²) in [7, 11) is 0. The van der Waals surface area contributed by atoms with Gasteiger partial charge in [0.1, 0.15) is 0 Å². The van der Waals surface area contributed by atoms with Crippen LogP contribution in [0.15, 0.2) is 67.1 Å². The van der Waals surface area contributed by atoms with E-state index in [0.717, 1.165) is 28.0 Å². The molecule has 0 atom stereocenters. The maximum atomic E-state index is 4.24. The van der Waals surface area contributed by atoms with Gasteiger partial charge in [0.25, 0.3) is 0 Å². The summed E-state index contributed by atoms with van der Waals surface area (Å²) in [5.41, 5.74) is 4.07. The molecule has 0 saturated carbocycles. The fraction of sp³-hybridized carbons (Fsp3) is 0. The van der Waals surface area contributed by atoms with Gasteiger partial charge >= 0.3 is 0 Å². The lowest BCUT2D eigenvalue weighted by Gasteiger charge is -2.08. The summed E-state index contributed by atoms with van der Waals surface area (Å²) in [5, 5.41) is 15.8. The first-order valence-electron chi connectivity index (χ1n) is 6.69. The maximum absolute atomic E-state index is 4.24. The quantitative estimate of drug-likeness (QED) is 0.601. The molecule has 2 N–H and O–H groups in total. The molecule has 5 heteroatoms. The monoisotopic (exact) mass is 275 g/mol. The number of aromatic nitrogens is 4. The second kappa shape index (κ2) is 4.79. The van der Waals surface area contributed by atoms with Gasteiger partial charge in [0.05, 0.1) is 17.4 Å². The van der Waals surface area contributed by atoms with Gasteiger partial charge in [0.15, 0.2) is 0 Å². The van der Waals surface area contributed by atoms with Crippen LogP contribution in [-0.4, -0.2) is 20.0 Å². The lowest BCUT2D eigenvalue weighted by Crippen LogP contribution is -1.96. The lowest BCUT2D eigenvalue weighted by atomic mass is 10.2. The molecule has 5 nitrogen and oxygen atoms in total. The van der Waals surface area contributed by atoms with Gasteiger partial charge in [-0.25, -0.2) is 4.68 Å². The molecule has 0 aliphatic heterocycles. The van der Waals surface area contributed by atoms with E-state index in [4.69, 9.17) is 0 Å². The largest absolute Gasteiger partial charge is 0.355 e. The molecule has 0 bridgehead atoms. The van der Waals surface area contributed by atoms with Crippen molar-refractivity contribution in [2.24, 2.45) is 0 Å². The van der Waals surface area contributed by atoms with Crippen LogP contribution in [-0.2, 0) is 0 Å². The van der Waals surface area contributed by atoms with E-state index in [9.17, 15) is 0 Å². The Balaban J connectivity index is 1.66. The normalized spacial score (nSPS) is 10.9. The smallest absolute Gasteiger partial charge is 0.0670 e. The highest BCUT2D eigenvalue weighted by Gasteiger charge is 2.01. The summed E-state index contributed by atoms with van der Waals surface area (Å²) < 4.78 is 1.84. The highest BCUT2D eigenvalue weighted by Crippen LogP contribution is 2.22. The predicted molar refractivity (Wildman–Crippen MR) is 82.9 cm³/mol. The molecular formula is C16H13N5. The molecule has 21 heavy (non-hydrogen) atoms. The minimum atomic E-state index is 1.02. The Morgan fingerprint density at radius 2 is 1.95 bits per heavy atom. The van der Waals surface area contributed by atoms with Crippen LogP contribution < -0.4 is 5.32 Å². The summed E-state index contributed by atoms with van der Waals surface area (Å²) >= 11 is 0. The summed E-state index contributed by atoms with van der Waals surface area (Å²) in [5.74, 6) is 0. The summed E-state index contributed by atoms with van der Waals surface area (Å²) in [4.78, 5) is 0. The minimum absolute atomic E-state index is 1.02. The van der Waals surface area contributed by atoms with E-state index in [1.807, 2.05) is 59.5 Å². The van der Waals surface area contributed by atoms with Gasteiger partial charge < -0.3 is 5.32 Å². The molecule has 0 radical (unpaired) electrons. The minimum Gasteiger partial charge on any atom is -0.355 e. The van der Waals surface area contributed by atoms with E-state index >= 15 is 0 Å². The maximum Gasteiger partial charge on any atom is 0.0670 e. The Labute approximate surface area is 121 Å². The molecule has 0 fully saturated rings. The SMILES string of the molecule is c1cc(Nc2ccc3cn[nH]c3c2)cc(-n2cccn2)c1. The number of fused-ring (bicyclic) bond motifs is 1. The lowest BCUT2D eigenvalue weighted by molar-refractivity contribution is 0.881. The zero-order valence-corrected chi connectivity index (χ0v) is 11.2. The average molecular weight is 275 g/mol. The third-order valence-electron chi connectivity index (χ3n) is 3.35. The number of rotatable bonds is 3. The van der Waals surface area contributed by atoms with Crippen LogP contribution in [0.5, 0.6) is 0 Å². The summed E-state index contributed by atoms with van der Waals surface area (Å²) in [6.45, 7) is 0. The third kappa shape index (κ3) is 2.25. The van der Waals surface area contributed by atoms with Crippen molar-refractivity contribution >= 4 is 22.3 Å². The zero-order valence-electron chi connectivity index (χ0n) is 11.2. The van der Waals surface area contributed by atoms with Crippen LogP contribution in [0.3, 0.4) is 0 Å². The van der Waals surface area contributed by atoms with Gasteiger partial charge in [-0.3, -0.25) is 5.10 Å². The highest BCUT2D eigenvalue weighted by atomic mass is 15.3. The number of hydrogen-bond donors (Lipinski definition) is 2. The number of hydrogen-bond acceptors (Lipinski definition) is 3. The van der Waals surface area contributed by atoms with E-state index in [-0.39, 0.29) is 0 Å². The van der Waals surface area contributed by atoms with Crippen LogP contribution in [0.1, 0.15) is 0 Å². The molecule has 4 aromatic rings. The van der Waals surface area contributed by atoms with Crippen LogP contribution in [0.4, 0.5) is 11.4 Å². The van der Waals surface area contributed by atoms with Crippen molar-refractivity contribution in [3.05, 3.63) is 67.1 Å². The molecule has 0 saturated heterocycles. The molecule has 2 aromatic carbocycles. The molecule has 102 valence electrons. The van der Waals surface area contributed by atoms with Crippen LogP contribution in [0.25, 0.3) is 16.6 Å². The molecule has 0 aliphatic rings. The standard InChI is InChI=1S/C16H13N5/c1-3-13(9-15(4-1)21-8-2-7-18-21)19-14-6-5-12-11-17-20-16(12)10-14/h1-11,19H,(H,17,20). The van der Waals surface area contributed by atoms with Crippen molar-refractivity contribution in [2.45, 2.75) is 0 Å². The first kappa shape index (κ1) is 11.7. The van der Waals surface area contributed by atoms with Crippen molar-refractivity contribution in [1.82, 2.24) is 20.0 Å². The number of nitrogens with zero attached hydrogens (tertiary/aromatic N) is 3. The molecule has 0 amide bonds. The molecular weight excluding hydrogens is 262 g/mol. The van der Waals surface area contributed by atoms with Crippen molar-refractivity contribution in [1.29, 1.82) is 0 Å². The fourth-order valence-corrected chi connectivity index (χ4v) is 2.33. The van der Waals surface area contributed by atoms with Crippen LogP contribution in [0.2, 0.25) is 0 Å². The van der Waals surface area contributed by atoms with Gasteiger partial charge in [-0.2, -0.15) is 10.2 Å². The fourth-order valence-electron chi connectivity index (χ4n) is 2.33. The number of benzene rings is 2. The van der Waals surface area contributed by atoms with Crippen molar-refractivity contribution in [2.75, 3.05) is 5.32 Å². The van der Waals surface area contributed by atoms with Crippen molar-refractivity contribution in [3.8, 4) is 5.69 Å². The van der Waals surface area contributed by atoms with Crippen molar-refractivity contribution in [3.63, 3.8) is 0 Å². The van der Waals surface area contributed by atoms with Crippen LogP contribution in [0, 0.1) is 0 Å². The van der Waals surface area contributed by atoms with Gasteiger partial charge in [-0.05, 0) is 42.5 Å². The Kier molecular flexibility index (Phi) is 2.67. The Hall–Kier alpha value is -3.08. The van der Waals surface area contributed by atoms with Crippen LogP contribution >= 0.6 is 0 Å². The van der Waals surface area contributed by atoms with Crippen molar-refractivity contribution < 1.29 is 0 Å². The topological polar surface area (TPSA) is 58.5 Å². The number of H-pyrrole nitrogens is 1. The summed E-state index contributed by atoms with van der Waals surface area (Å²) in [6, 6.07) is 16.2. The molecule has 0 unspecified atom stereocenters. The number of aromatic amines is 1. The first-order chi connectivity index (χ1) is 10.4. The van der Waals surface area contributed by atoms with E-state index in [1.165, 1.54) is 0 Å². The van der Waals surface area contributed by atoms with Gasteiger partial charge in [-0.1, -0.05) is 6.07 Å². The molecule has 2 heterocycles. The third-order valence-corrected chi connectivity index (χ3v) is 3.35. The highest BCUT2D eigenvalue weighted by molar-refractivity contribution is 5.82. The van der Waals surface area contributed by atoms with Gasteiger partial charge in [0.2, 0.25) is 0 Å².